The molecular weight excluding hydrogens is 98.1 g/mol. The molecule has 1 aliphatic carbocycles. The molecule has 0 aromatic carbocycles. The monoisotopic (exact) mass is 110 g/mol. The molecule has 1 saturated heterocycles. The van der Waals surface area contributed by atoms with Crippen LogP contribution in [0.5, 0.6) is 0 Å². The van der Waals surface area contributed by atoms with Gasteiger partial charge in [-0.3, -0.25) is 0 Å². The first-order valence-corrected chi connectivity index (χ1v) is 3.63. The van der Waals surface area contributed by atoms with E-state index in [0.29, 0.717) is 0 Å². The van der Waals surface area contributed by atoms with E-state index in [1.807, 2.05) is 0 Å². The summed E-state index contributed by atoms with van der Waals surface area (Å²) in [5.74, 6) is 1.01. The Labute approximate surface area is 50.5 Å². The first-order chi connectivity index (χ1) is 3.97. The molecule has 0 aromatic rings. The highest BCUT2D eigenvalue weighted by Gasteiger charge is 2.31. The molecule has 2 fully saturated rings. The fourth-order valence-electron chi connectivity index (χ4n) is 2.00. The normalized spacial score (nSPS) is 45.0. The molecule has 1 radical (unpaired) electrons. The van der Waals surface area contributed by atoms with Gasteiger partial charge in [-0.25, -0.2) is 5.32 Å². The maximum atomic E-state index is 4.50. The summed E-state index contributed by atoms with van der Waals surface area (Å²) in [5, 5.41) is 4.50. The van der Waals surface area contributed by atoms with Crippen LogP contribution in [0.1, 0.15) is 25.7 Å². The molecule has 1 nitrogen and oxygen atoms in total. The molecule has 1 heteroatoms. The lowest BCUT2D eigenvalue weighted by atomic mass is 10.1. The lowest BCUT2D eigenvalue weighted by Gasteiger charge is -2.03. The van der Waals surface area contributed by atoms with E-state index in [0.717, 1.165) is 18.5 Å². The fraction of sp³-hybridized carbons (Fsp3) is 1.00. The summed E-state index contributed by atoms with van der Waals surface area (Å²) in [5.41, 5.74) is 0. The number of hydrogen-bond acceptors (Lipinski definition) is 0. The summed E-state index contributed by atoms with van der Waals surface area (Å²) in [6.45, 7) is 1.16. The van der Waals surface area contributed by atoms with Crippen molar-refractivity contribution in [1.82, 2.24) is 5.32 Å². The highest BCUT2D eigenvalue weighted by Crippen LogP contribution is 2.32. The second-order valence-electron chi connectivity index (χ2n) is 2.95. The zero-order valence-corrected chi connectivity index (χ0v) is 5.14. The molecule has 1 saturated carbocycles. The summed E-state index contributed by atoms with van der Waals surface area (Å²) in [6.07, 6.45) is 5.70. The minimum Gasteiger partial charge on any atom is -0.238 e. The van der Waals surface area contributed by atoms with Crippen molar-refractivity contribution in [2.24, 2.45) is 5.92 Å². The van der Waals surface area contributed by atoms with Crippen LogP contribution in [0.15, 0.2) is 0 Å². The lowest BCUT2D eigenvalue weighted by Crippen LogP contribution is -2.14. The second kappa shape index (κ2) is 1.73. The molecule has 0 N–H and O–H groups in total. The minimum absolute atomic E-state index is 0.801. The zero-order valence-electron chi connectivity index (χ0n) is 5.14. The van der Waals surface area contributed by atoms with E-state index >= 15 is 0 Å². The molecule has 0 spiro atoms. The van der Waals surface area contributed by atoms with Gasteiger partial charge in [-0.1, -0.05) is 6.42 Å². The molecule has 0 aromatic heterocycles. The van der Waals surface area contributed by atoms with Crippen molar-refractivity contribution in [1.29, 1.82) is 0 Å². The number of rotatable bonds is 0. The van der Waals surface area contributed by atoms with Gasteiger partial charge in [0.2, 0.25) is 0 Å². The van der Waals surface area contributed by atoms with Gasteiger partial charge in [-0.2, -0.15) is 0 Å². The predicted molar refractivity (Wildman–Crippen MR) is 32.7 cm³/mol. The first-order valence-electron chi connectivity index (χ1n) is 3.63. The van der Waals surface area contributed by atoms with E-state index in [9.17, 15) is 0 Å². The van der Waals surface area contributed by atoms with Gasteiger partial charge in [0.15, 0.2) is 0 Å². The van der Waals surface area contributed by atoms with E-state index in [1.54, 1.807) is 0 Å². The van der Waals surface area contributed by atoms with E-state index in [4.69, 9.17) is 0 Å². The molecular formula is C7H12N. The van der Waals surface area contributed by atoms with Gasteiger partial charge in [0.1, 0.15) is 0 Å². The van der Waals surface area contributed by atoms with Crippen molar-refractivity contribution in [2.75, 3.05) is 6.54 Å². The summed E-state index contributed by atoms with van der Waals surface area (Å²) in [6, 6.07) is 0.801. The number of fused-ring (bicyclic) bond motifs is 1. The van der Waals surface area contributed by atoms with Crippen molar-refractivity contribution in [2.45, 2.75) is 31.7 Å². The van der Waals surface area contributed by atoms with Crippen molar-refractivity contribution in [3.8, 4) is 0 Å². The van der Waals surface area contributed by atoms with Crippen LogP contribution in [0, 0.1) is 5.92 Å². The van der Waals surface area contributed by atoms with Crippen LogP contribution >= 0.6 is 0 Å². The van der Waals surface area contributed by atoms with Crippen molar-refractivity contribution in [3.05, 3.63) is 0 Å². The minimum atomic E-state index is 0.801. The highest BCUT2D eigenvalue weighted by atomic mass is 15.0. The maximum Gasteiger partial charge on any atom is 0.0274 e. The Morgan fingerprint density at radius 2 is 2.12 bits per heavy atom. The fourth-order valence-corrected chi connectivity index (χ4v) is 2.00. The highest BCUT2D eigenvalue weighted by molar-refractivity contribution is 4.87. The smallest absolute Gasteiger partial charge is 0.0274 e. The van der Waals surface area contributed by atoms with E-state index < -0.39 is 0 Å². The molecule has 45 valence electrons. The SMILES string of the molecule is C1C[C@H]2CC[N][C@@H]2C1. The number of hydrogen-bond donors (Lipinski definition) is 0. The maximum absolute atomic E-state index is 4.50. The van der Waals surface area contributed by atoms with Crippen molar-refractivity contribution >= 4 is 0 Å². The van der Waals surface area contributed by atoms with Gasteiger partial charge in [0.05, 0.1) is 0 Å². The summed E-state index contributed by atoms with van der Waals surface area (Å²) < 4.78 is 0. The van der Waals surface area contributed by atoms with Gasteiger partial charge >= 0.3 is 0 Å². The third-order valence-corrected chi connectivity index (χ3v) is 2.48. The van der Waals surface area contributed by atoms with E-state index in [2.05, 4.69) is 5.32 Å². The average Bonchev–Trinajstić information content (AvgIpc) is 2.15. The van der Waals surface area contributed by atoms with Gasteiger partial charge in [0, 0.05) is 12.6 Å². The van der Waals surface area contributed by atoms with Gasteiger partial charge in [0.25, 0.3) is 0 Å². The van der Waals surface area contributed by atoms with Crippen molar-refractivity contribution < 1.29 is 0 Å². The van der Waals surface area contributed by atoms with E-state index in [-0.39, 0.29) is 0 Å². The summed E-state index contributed by atoms with van der Waals surface area (Å²) >= 11 is 0. The Hall–Kier alpha value is -0.0400. The Balaban J connectivity index is 2.04. The molecule has 1 aliphatic heterocycles. The van der Waals surface area contributed by atoms with Crippen LogP contribution in [-0.2, 0) is 0 Å². The standard InChI is InChI=1S/C7H12N/c1-2-6-4-5-8-7(6)3-1/h6-7H,1-5H2/t6-,7+/m0/s1. The summed E-state index contributed by atoms with van der Waals surface area (Å²) in [4.78, 5) is 0. The van der Waals surface area contributed by atoms with Gasteiger partial charge in [-0.05, 0) is 25.2 Å². The Bertz CT molecular complexity index is 70.4. The lowest BCUT2D eigenvalue weighted by molar-refractivity contribution is 0.514. The van der Waals surface area contributed by atoms with Crippen LogP contribution in [0.25, 0.3) is 0 Å². The van der Waals surface area contributed by atoms with Gasteiger partial charge < -0.3 is 0 Å². The zero-order chi connectivity index (χ0) is 5.40. The molecule has 0 amide bonds. The van der Waals surface area contributed by atoms with E-state index in [1.165, 1.54) is 25.7 Å². The first kappa shape index (κ1) is 4.80. The molecule has 2 aliphatic rings. The predicted octanol–water partition coefficient (Wildman–Crippen LogP) is 1.16. The van der Waals surface area contributed by atoms with Crippen LogP contribution < -0.4 is 5.32 Å². The third kappa shape index (κ3) is 0.576. The molecule has 8 heavy (non-hydrogen) atoms. The third-order valence-electron chi connectivity index (χ3n) is 2.48. The van der Waals surface area contributed by atoms with Crippen LogP contribution in [0.4, 0.5) is 0 Å². The van der Waals surface area contributed by atoms with Crippen LogP contribution in [0.2, 0.25) is 0 Å². The van der Waals surface area contributed by atoms with Crippen LogP contribution in [0.3, 0.4) is 0 Å². The molecule has 2 rings (SSSR count). The topological polar surface area (TPSA) is 14.1 Å². The average molecular weight is 110 g/mol. The summed E-state index contributed by atoms with van der Waals surface area (Å²) in [7, 11) is 0. The van der Waals surface area contributed by atoms with Crippen LogP contribution in [-0.4, -0.2) is 12.6 Å². The second-order valence-corrected chi connectivity index (χ2v) is 2.95. The Morgan fingerprint density at radius 3 is 3.00 bits per heavy atom. The Kier molecular flexibility index (Phi) is 1.04. The van der Waals surface area contributed by atoms with Gasteiger partial charge in [-0.15, -0.1) is 0 Å². The largest absolute Gasteiger partial charge is 0.238 e. The quantitative estimate of drug-likeness (QED) is 0.444. The molecule has 0 bridgehead atoms. The van der Waals surface area contributed by atoms with Crippen molar-refractivity contribution in [3.63, 3.8) is 0 Å². The molecule has 1 heterocycles. The number of nitrogens with zero attached hydrogens (tertiary/aromatic N) is 1. The molecule has 0 unspecified atom stereocenters. The molecule has 2 atom stereocenters. The Morgan fingerprint density at radius 1 is 1.12 bits per heavy atom.